The van der Waals surface area contributed by atoms with Crippen LogP contribution in [-0.4, -0.2) is 34.1 Å². The number of rotatable bonds is 6. The summed E-state index contributed by atoms with van der Waals surface area (Å²) in [5.74, 6) is 0.521. The van der Waals surface area contributed by atoms with E-state index in [2.05, 4.69) is 45.1 Å². The SMILES string of the molecule is COCC(NCc1cnc2cnc(Br)cn12)C(C)C. The molecule has 0 aliphatic heterocycles. The Morgan fingerprint density at radius 3 is 2.84 bits per heavy atom. The second-order valence-corrected chi connectivity index (χ2v) is 5.69. The number of nitrogens with zero attached hydrogens (tertiary/aromatic N) is 3. The zero-order valence-corrected chi connectivity index (χ0v) is 13.0. The molecule has 0 saturated heterocycles. The molecule has 2 aromatic rings. The molecule has 1 atom stereocenters. The lowest BCUT2D eigenvalue weighted by molar-refractivity contribution is 0.146. The zero-order valence-electron chi connectivity index (χ0n) is 11.4. The third kappa shape index (κ3) is 3.52. The van der Waals surface area contributed by atoms with E-state index in [1.807, 2.05) is 16.8 Å². The van der Waals surface area contributed by atoms with Crippen LogP contribution in [0.5, 0.6) is 0 Å². The standard InChI is InChI=1S/C13H19BrN4O/c1-9(2)11(8-19-3)15-4-10-5-17-13-6-16-12(14)7-18(10)13/h5-7,9,11,15H,4,8H2,1-3H3. The van der Waals surface area contributed by atoms with Crippen molar-refractivity contribution in [1.82, 2.24) is 19.7 Å². The number of imidazole rings is 1. The van der Waals surface area contributed by atoms with Crippen LogP contribution in [0.3, 0.4) is 0 Å². The average molecular weight is 327 g/mol. The molecule has 6 heteroatoms. The maximum atomic E-state index is 5.24. The Kier molecular flexibility index (Phi) is 4.90. The highest BCUT2D eigenvalue weighted by Crippen LogP contribution is 2.11. The Morgan fingerprint density at radius 1 is 1.37 bits per heavy atom. The van der Waals surface area contributed by atoms with Crippen molar-refractivity contribution < 1.29 is 4.74 Å². The van der Waals surface area contributed by atoms with Crippen LogP contribution in [-0.2, 0) is 11.3 Å². The van der Waals surface area contributed by atoms with Crippen molar-refractivity contribution in [2.24, 2.45) is 5.92 Å². The fourth-order valence-electron chi connectivity index (χ4n) is 1.95. The van der Waals surface area contributed by atoms with Crippen molar-refractivity contribution in [2.75, 3.05) is 13.7 Å². The minimum Gasteiger partial charge on any atom is -0.383 e. The number of aromatic nitrogens is 3. The highest BCUT2D eigenvalue weighted by molar-refractivity contribution is 9.10. The molecule has 2 rings (SSSR count). The fraction of sp³-hybridized carbons (Fsp3) is 0.538. The van der Waals surface area contributed by atoms with Gasteiger partial charge in [0.05, 0.1) is 24.7 Å². The second-order valence-electron chi connectivity index (χ2n) is 4.87. The number of hydrogen-bond acceptors (Lipinski definition) is 4. The lowest BCUT2D eigenvalue weighted by Gasteiger charge is -2.21. The molecule has 2 aromatic heterocycles. The van der Waals surface area contributed by atoms with Gasteiger partial charge in [-0.3, -0.25) is 4.40 Å². The molecule has 19 heavy (non-hydrogen) atoms. The molecule has 0 radical (unpaired) electrons. The first kappa shape index (κ1) is 14.4. The van der Waals surface area contributed by atoms with Gasteiger partial charge in [0.25, 0.3) is 0 Å². The molecule has 0 spiro atoms. The van der Waals surface area contributed by atoms with E-state index in [1.54, 1.807) is 13.3 Å². The molecule has 0 fully saturated rings. The summed E-state index contributed by atoms with van der Waals surface area (Å²) >= 11 is 3.38. The highest BCUT2D eigenvalue weighted by atomic mass is 79.9. The molecule has 0 aliphatic rings. The first-order chi connectivity index (χ1) is 9.11. The van der Waals surface area contributed by atoms with Gasteiger partial charge in [-0.1, -0.05) is 13.8 Å². The number of ether oxygens (including phenoxy) is 1. The van der Waals surface area contributed by atoms with Crippen molar-refractivity contribution >= 4 is 21.6 Å². The molecule has 0 saturated carbocycles. The van der Waals surface area contributed by atoms with E-state index in [9.17, 15) is 0 Å². The van der Waals surface area contributed by atoms with Gasteiger partial charge >= 0.3 is 0 Å². The van der Waals surface area contributed by atoms with Crippen LogP contribution < -0.4 is 5.32 Å². The maximum absolute atomic E-state index is 5.24. The summed E-state index contributed by atoms with van der Waals surface area (Å²) in [5.41, 5.74) is 1.97. The largest absolute Gasteiger partial charge is 0.383 e. The van der Waals surface area contributed by atoms with Crippen molar-refractivity contribution in [2.45, 2.75) is 26.4 Å². The van der Waals surface area contributed by atoms with Crippen LogP contribution in [0.4, 0.5) is 0 Å². The molecule has 0 amide bonds. The summed E-state index contributed by atoms with van der Waals surface area (Å²) in [7, 11) is 1.73. The van der Waals surface area contributed by atoms with Crippen molar-refractivity contribution in [3.05, 3.63) is 28.9 Å². The predicted molar refractivity (Wildman–Crippen MR) is 78.0 cm³/mol. The van der Waals surface area contributed by atoms with Crippen LogP contribution in [0, 0.1) is 5.92 Å². The summed E-state index contributed by atoms with van der Waals surface area (Å²) in [6, 6.07) is 0.334. The zero-order chi connectivity index (χ0) is 13.8. The molecule has 104 valence electrons. The Hall–Kier alpha value is -0.980. The molecular weight excluding hydrogens is 308 g/mol. The van der Waals surface area contributed by atoms with Crippen LogP contribution in [0.25, 0.3) is 5.65 Å². The monoisotopic (exact) mass is 326 g/mol. The van der Waals surface area contributed by atoms with Gasteiger partial charge in [0.15, 0.2) is 5.65 Å². The molecule has 0 aromatic carbocycles. The quantitative estimate of drug-likeness (QED) is 0.884. The molecule has 2 heterocycles. The highest BCUT2D eigenvalue weighted by Gasteiger charge is 2.13. The number of nitrogens with one attached hydrogen (secondary N) is 1. The Labute approximate surface area is 121 Å². The Bertz CT molecular complexity index is 540. The van der Waals surface area contributed by atoms with Gasteiger partial charge in [0.2, 0.25) is 0 Å². The van der Waals surface area contributed by atoms with Gasteiger partial charge < -0.3 is 10.1 Å². The van der Waals surface area contributed by atoms with Gasteiger partial charge in [0, 0.05) is 25.9 Å². The molecule has 0 bridgehead atoms. The Balaban J connectivity index is 2.10. The van der Waals surface area contributed by atoms with E-state index < -0.39 is 0 Å². The van der Waals surface area contributed by atoms with Crippen molar-refractivity contribution in [3.63, 3.8) is 0 Å². The van der Waals surface area contributed by atoms with Crippen LogP contribution in [0.15, 0.2) is 23.2 Å². The fourth-order valence-corrected chi connectivity index (χ4v) is 2.26. The van der Waals surface area contributed by atoms with E-state index in [0.717, 1.165) is 22.5 Å². The van der Waals surface area contributed by atoms with Crippen LogP contribution >= 0.6 is 15.9 Å². The lowest BCUT2D eigenvalue weighted by atomic mass is 10.1. The molecular formula is C13H19BrN4O. The predicted octanol–water partition coefficient (Wildman–Crippen LogP) is 2.25. The van der Waals surface area contributed by atoms with Gasteiger partial charge in [-0.25, -0.2) is 9.97 Å². The minimum atomic E-state index is 0.334. The molecule has 5 nitrogen and oxygen atoms in total. The number of halogens is 1. The van der Waals surface area contributed by atoms with Crippen LogP contribution in [0.1, 0.15) is 19.5 Å². The van der Waals surface area contributed by atoms with E-state index in [0.29, 0.717) is 18.6 Å². The van der Waals surface area contributed by atoms with E-state index in [1.165, 1.54) is 0 Å². The van der Waals surface area contributed by atoms with E-state index in [4.69, 9.17) is 4.74 Å². The summed E-state index contributed by atoms with van der Waals surface area (Å²) in [6.45, 7) is 5.83. The van der Waals surface area contributed by atoms with Gasteiger partial charge in [-0.05, 0) is 21.8 Å². The molecule has 1 N–H and O–H groups in total. The lowest BCUT2D eigenvalue weighted by Crippen LogP contribution is -2.37. The number of fused-ring (bicyclic) bond motifs is 1. The normalized spacial score (nSPS) is 13.3. The van der Waals surface area contributed by atoms with E-state index in [-0.39, 0.29) is 0 Å². The Morgan fingerprint density at radius 2 is 2.16 bits per heavy atom. The number of methoxy groups -OCH3 is 1. The molecule has 1 unspecified atom stereocenters. The van der Waals surface area contributed by atoms with Crippen molar-refractivity contribution in [1.29, 1.82) is 0 Å². The first-order valence-corrected chi connectivity index (χ1v) is 7.11. The third-order valence-corrected chi connectivity index (χ3v) is 3.55. The van der Waals surface area contributed by atoms with E-state index >= 15 is 0 Å². The summed E-state index contributed by atoms with van der Waals surface area (Å²) in [4.78, 5) is 8.50. The van der Waals surface area contributed by atoms with Crippen molar-refractivity contribution in [3.8, 4) is 0 Å². The summed E-state index contributed by atoms with van der Waals surface area (Å²) in [6.07, 6.45) is 5.56. The topological polar surface area (TPSA) is 51.5 Å². The minimum absolute atomic E-state index is 0.334. The third-order valence-electron chi connectivity index (χ3n) is 3.14. The van der Waals surface area contributed by atoms with Crippen LogP contribution in [0.2, 0.25) is 0 Å². The smallest absolute Gasteiger partial charge is 0.155 e. The summed E-state index contributed by atoms with van der Waals surface area (Å²) in [5, 5.41) is 3.51. The average Bonchev–Trinajstić information content (AvgIpc) is 2.76. The van der Waals surface area contributed by atoms with Gasteiger partial charge in [0.1, 0.15) is 4.60 Å². The number of hydrogen-bond donors (Lipinski definition) is 1. The molecule has 0 aliphatic carbocycles. The second kappa shape index (κ2) is 6.45. The summed E-state index contributed by atoms with van der Waals surface area (Å²) < 4.78 is 8.08. The van der Waals surface area contributed by atoms with Gasteiger partial charge in [-0.2, -0.15) is 0 Å². The van der Waals surface area contributed by atoms with Gasteiger partial charge in [-0.15, -0.1) is 0 Å². The first-order valence-electron chi connectivity index (χ1n) is 6.31. The maximum Gasteiger partial charge on any atom is 0.155 e.